The van der Waals surface area contributed by atoms with Crippen LogP contribution in [0.1, 0.15) is 49.4 Å². The third-order valence-corrected chi connectivity index (χ3v) is 7.30. The van der Waals surface area contributed by atoms with Gasteiger partial charge in [0, 0.05) is 14.1 Å². The largest absolute Gasteiger partial charge is 0.493 e. The number of carbonyl (C=O) groups is 1. The molecule has 4 rings (SSSR count). The number of ether oxygens (including phenoxy) is 2. The Morgan fingerprint density at radius 2 is 1.68 bits per heavy atom. The van der Waals surface area contributed by atoms with Crippen molar-refractivity contribution in [3.8, 4) is 28.6 Å². The monoisotopic (exact) mass is 581 g/mol. The molecule has 0 aliphatic heterocycles. The van der Waals surface area contributed by atoms with Gasteiger partial charge in [-0.1, -0.05) is 37.6 Å². The number of hydrogen-bond acceptors (Lipinski definition) is 7. The number of rotatable bonds is 9. The van der Waals surface area contributed by atoms with Crippen LogP contribution in [-0.2, 0) is 10.0 Å². The van der Waals surface area contributed by atoms with Gasteiger partial charge in [-0.25, -0.2) is 19.1 Å². The van der Waals surface area contributed by atoms with Gasteiger partial charge < -0.3 is 9.47 Å². The molecule has 2 heterocycles. The predicted molar refractivity (Wildman–Crippen MR) is 159 cm³/mol. The lowest BCUT2D eigenvalue weighted by molar-refractivity contribution is 0.0978. The summed E-state index contributed by atoms with van der Waals surface area (Å²) in [4.78, 5) is 21.8. The molecule has 1 N–H and O–H groups in total. The lowest BCUT2D eigenvalue weighted by atomic mass is 10.1. The first-order valence-electron chi connectivity index (χ1n) is 13.0. The molecule has 8 nitrogen and oxygen atoms in total. The fraction of sp³-hybridized carbons (Fsp3) is 0.258. The Bertz CT molecular complexity index is 1710. The zero-order valence-corrected chi connectivity index (χ0v) is 24.6. The van der Waals surface area contributed by atoms with Crippen LogP contribution in [-0.4, -0.2) is 30.9 Å². The van der Waals surface area contributed by atoms with Crippen LogP contribution in [0.2, 0.25) is 0 Å². The van der Waals surface area contributed by atoms with Gasteiger partial charge in [0.15, 0.2) is 5.03 Å². The van der Waals surface area contributed by atoms with Crippen molar-refractivity contribution in [1.82, 2.24) is 14.7 Å². The van der Waals surface area contributed by atoms with E-state index in [4.69, 9.17) is 9.47 Å². The van der Waals surface area contributed by atoms with Crippen LogP contribution in [0.15, 0.2) is 65.7 Å². The highest BCUT2D eigenvalue weighted by molar-refractivity contribution is 7.90. The molecule has 0 spiro atoms. The first-order chi connectivity index (χ1) is 19.3. The molecule has 0 bridgehead atoms. The van der Waals surface area contributed by atoms with E-state index >= 15 is 0 Å². The summed E-state index contributed by atoms with van der Waals surface area (Å²) in [6.45, 7) is 11.7. The fourth-order valence-corrected chi connectivity index (χ4v) is 5.20. The van der Waals surface area contributed by atoms with Crippen molar-refractivity contribution in [2.75, 3.05) is 6.61 Å². The van der Waals surface area contributed by atoms with E-state index in [1.807, 2.05) is 51.5 Å². The normalized spacial score (nSPS) is 11.4. The van der Waals surface area contributed by atoms with E-state index in [0.717, 1.165) is 16.7 Å². The SMILES string of the molecule is Cc1cc(C)c(Oc2nc(-c3cc(OCC(C)C)ccc3F)ccc2C(=O)NS(=O)(=O)c2cccc(C)n2)c(C)c1.[HH].[HH]. The number of nitrogens with zero attached hydrogens (tertiary/aromatic N) is 2. The number of carbonyl (C=O) groups excluding carboxylic acids is 1. The van der Waals surface area contributed by atoms with Gasteiger partial charge in [0.2, 0.25) is 5.88 Å². The quantitative estimate of drug-likeness (QED) is 0.228. The molecule has 0 unspecified atom stereocenters. The minimum Gasteiger partial charge on any atom is -0.493 e. The average molecular weight is 582 g/mol. The van der Waals surface area contributed by atoms with E-state index < -0.39 is 21.7 Å². The molecule has 10 heteroatoms. The highest BCUT2D eigenvalue weighted by atomic mass is 32.2. The van der Waals surface area contributed by atoms with Crippen molar-refractivity contribution in [1.29, 1.82) is 0 Å². The van der Waals surface area contributed by atoms with Gasteiger partial charge >= 0.3 is 0 Å². The Hall–Kier alpha value is -4.31. The van der Waals surface area contributed by atoms with E-state index in [1.54, 1.807) is 13.0 Å². The highest BCUT2D eigenvalue weighted by Crippen LogP contribution is 2.34. The molecule has 0 saturated carbocycles. The predicted octanol–water partition coefficient (Wildman–Crippen LogP) is 6.95. The number of amides is 1. The highest BCUT2D eigenvalue weighted by Gasteiger charge is 2.25. The van der Waals surface area contributed by atoms with Crippen LogP contribution >= 0.6 is 0 Å². The van der Waals surface area contributed by atoms with Gasteiger partial charge in [0.25, 0.3) is 15.9 Å². The fourth-order valence-electron chi connectivity index (χ4n) is 4.22. The zero-order valence-electron chi connectivity index (χ0n) is 23.8. The van der Waals surface area contributed by atoms with Crippen LogP contribution in [0.5, 0.6) is 17.4 Å². The zero-order chi connectivity index (χ0) is 29.9. The topological polar surface area (TPSA) is 107 Å². The summed E-state index contributed by atoms with van der Waals surface area (Å²) >= 11 is 0. The van der Waals surface area contributed by atoms with Gasteiger partial charge in [-0.15, -0.1) is 0 Å². The second-order valence-corrected chi connectivity index (χ2v) is 11.9. The van der Waals surface area contributed by atoms with Crippen LogP contribution in [0.4, 0.5) is 4.39 Å². The third-order valence-electron chi connectivity index (χ3n) is 6.07. The van der Waals surface area contributed by atoms with Crippen molar-refractivity contribution in [2.24, 2.45) is 5.92 Å². The van der Waals surface area contributed by atoms with Crippen LogP contribution < -0.4 is 14.2 Å². The molecule has 218 valence electrons. The Morgan fingerprint density at radius 3 is 2.34 bits per heavy atom. The molecule has 0 radical (unpaired) electrons. The molecule has 1 amide bonds. The van der Waals surface area contributed by atoms with Crippen molar-refractivity contribution in [2.45, 2.75) is 46.6 Å². The van der Waals surface area contributed by atoms with E-state index in [1.165, 1.54) is 42.5 Å². The lowest BCUT2D eigenvalue weighted by Gasteiger charge is -2.16. The second kappa shape index (κ2) is 12.1. The van der Waals surface area contributed by atoms with E-state index in [-0.39, 0.29) is 36.5 Å². The molecule has 2 aromatic carbocycles. The summed E-state index contributed by atoms with van der Waals surface area (Å²) in [5, 5.41) is -0.302. The first kappa shape index (κ1) is 29.7. The first-order valence-corrected chi connectivity index (χ1v) is 14.5. The number of aromatic nitrogens is 2. The van der Waals surface area contributed by atoms with Crippen molar-refractivity contribution >= 4 is 15.9 Å². The number of hydrogen-bond donors (Lipinski definition) is 1. The summed E-state index contributed by atoms with van der Waals surface area (Å²) in [5.74, 6) is -0.523. The molecule has 0 saturated heterocycles. The van der Waals surface area contributed by atoms with Gasteiger partial charge in [-0.3, -0.25) is 4.79 Å². The second-order valence-electron chi connectivity index (χ2n) is 10.3. The number of nitrogens with one attached hydrogen (secondary N) is 1. The number of pyridine rings is 2. The Balaban J connectivity index is 0.00000323. The minimum absolute atomic E-state index is 0. The third kappa shape index (κ3) is 7.07. The summed E-state index contributed by atoms with van der Waals surface area (Å²) in [6, 6.07) is 15.4. The molecule has 2 aromatic heterocycles. The van der Waals surface area contributed by atoms with Crippen molar-refractivity contribution < 1.29 is 29.9 Å². The van der Waals surface area contributed by atoms with Crippen molar-refractivity contribution in [3.63, 3.8) is 0 Å². The number of aryl methyl sites for hydroxylation is 4. The Labute approximate surface area is 242 Å². The molecule has 0 aliphatic carbocycles. The molecular formula is C31H36FN3O5S. The van der Waals surface area contributed by atoms with Gasteiger partial charge in [-0.05, 0) is 87.2 Å². The lowest BCUT2D eigenvalue weighted by Crippen LogP contribution is -2.31. The molecule has 0 aliphatic rings. The van der Waals surface area contributed by atoms with Crippen LogP contribution in [0.3, 0.4) is 0 Å². The average Bonchev–Trinajstić information content (AvgIpc) is 2.89. The standard InChI is InChI=1S/C31H32FN3O5S.2H2/c1-18(2)17-39-23-10-12-26(32)25(16-23)27-13-11-24(30(36)35-41(37,38)28-9-7-8-22(6)33-28)31(34-27)40-29-20(4)14-19(3)15-21(29)5;;/h7-16,18H,17H2,1-6H3,(H,35,36);2*1H. The van der Waals surface area contributed by atoms with Gasteiger partial charge in [0.1, 0.15) is 22.9 Å². The van der Waals surface area contributed by atoms with Crippen molar-refractivity contribution in [3.05, 3.63) is 94.4 Å². The summed E-state index contributed by atoms with van der Waals surface area (Å²) in [5.41, 5.74) is 3.22. The van der Waals surface area contributed by atoms with Crippen LogP contribution in [0, 0.1) is 39.4 Å². The summed E-state index contributed by atoms with van der Waals surface area (Å²) in [6.07, 6.45) is 0. The summed E-state index contributed by atoms with van der Waals surface area (Å²) < 4.78 is 54.8. The minimum atomic E-state index is -4.30. The van der Waals surface area contributed by atoms with Gasteiger partial charge in [0.05, 0.1) is 12.3 Å². The molecule has 0 fully saturated rings. The smallest absolute Gasteiger partial charge is 0.281 e. The molecule has 0 atom stereocenters. The van der Waals surface area contributed by atoms with E-state index in [2.05, 4.69) is 9.97 Å². The maximum atomic E-state index is 15.0. The molecular weight excluding hydrogens is 545 g/mol. The maximum Gasteiger partial charge on any atom is 0.281 e. The molecule has 41 heavy (non-hydrogen) atoms. The Morgan fingerprint density at radius 1 is 0.976 bits per heavy atom. The number of halogens is 1. The Kier molecular flexibility index (Phi) is 8.72. The van der Waals surface area contributed by atoms with Crippen LogP contribution in [0.25, 0.3) is 11.3 Å². The number of sulfonamides is 1. The number of benzene rings is 2. The maximum absolute atomic E-state index is 15.0. The van der Waals surface area contributed by atoms with Gasteiger partial charge in [-0.2, -0.15) is 8.42 Å². The molecule has 4 aromatic rings. The van der Waals surface area contributed by atoms with E-state index in [0.29, 0.717) is 23.8 Å². The summed E-state index contributed by atoms with van der Waals surface area (Å²) in [7, 11) is -4.30. The van der Waals surface area contributed by atoms with E-state index in [9.17, 15) is 17.6 Å².